The van der Waals surface area contributed by atoms with E-state index in [0.29, 0.717) is 21.7 Å². The van der Waals surface area contributed by atoms with E-state index in [0.717, 1.165) is 0 Å². The van der Waals surface area contributed by atoms with Gasteiger partial charge in [-0.15, -0.1) is 0 Å². The number of hydrogen-bond donors (Lipinski definition) is 1. The molecule has 7 heteroatoms. The summed E-state index contributed by atoms with van der Waals surface area (Å²) in [6, 6.07) is 6.37. The van der Waals surface area contributed by atoms with Crippen molar-refractivity contribution in [3.05, 3.63) is 47.3 Å². The van der Waals surface area contributed by atoms with Crippen LogP contribution in [-0.4, -0.2) is 42.2 Å². The number of benzene rings is 1. The monoisotopic (exact) mass is 305 g/mol. The molecule has 2 heterocycles. The molecule has 0 aliphatic carbocycles. The second kappa shape index (κ2) is 4.70. The summed E-state index contributed by atoms with van der Waals surface area (Å²) in [5.41, 5.74) is 1.80. The van der Waals surface area contributed by atoms with E-state index in [1.54, 1.807) is 38.2 Å². The lowest BCUT2D eigenvalue weighted by Crippen LogP contribution is -2.32. The van der Waals surface area contributed by atoms with Crippen LogP contribution in [0.4, 0.5) is 0 Å². The normalized spacial score (nSPS) is 19.2. The molecule has 1 atom stereocenters. The Morgan fingerprint density at radius 1 is 1.38 bits per heavy atom. The molecule has 6 nitrogen and oxygen atoms in total. The molecule has 0 saturated carbocycles. The van der Waals surface area contributed by atoms with Crippen LogP contribution < -0.4 is 0 Å². The number of fused-ring (bicyclic) bond motifs is 1. The smallest absolute Gasteiger partial charge is 0.257 e. The van der Waals surface area contributed by atoms with Crippen molar-refractivity contribution >= 4 is 15.7 Å². The minimum atomic E-state index is -3.33. The Kier molecular flexibility index (Phi) is 3.09. The topological polar surface area (TPSA) is 83.1 Å². The molecule has 1 aliphatic heterocycles. The lowest BCUT2D eigenvalue weighted by molar-refractivity contribution is 0.0745. The summed E-state index contributed by atoms with van der Waals surface area (Å²) in [7, 11) is -1.71. The van der Waals surface area contributed by atoms with Crippen LogP contribution in [0.2, 0.25) is 0 Å². The number of aromatic nitrogens is 2. The molecule has 1 aromatic heterocycles. The van der Waals surface area contributed by atoms with E-state index in [4.69, 9.17) is 0 Å². The minimum absolute atomic E-state index is 0.0779. The summed E-state index contributed by atoms with van der Waals surface area (Å²) < 4.78 is 24.4. The quantitative estimate of drug-likeness (QED) is 0.907. The molecule has 2 aromatic rings. The van der Waals surface area contributed by atoms with Crippen molar-refractivity contribution in [3.8, 4) is 0 Å². The first-order valence-corrected chi connectivity index (χ1v) is 8.16. The standard InChI is InChI=1S/C14H15N3O3S/c1-9-11(7-15-16-9)14(18)17(2)12-8-21(19,20)13-6-4-3-5-10(12)13/h3-7,12H,8H2,1-2H3,(H,15,16). The van der Waals surface area contributed by atoms with E-state index < -0.39 is 15.9 Å². The number of H-pyrrole nitrogens is 1. The molecule has 21 heavy (non-hydrogen) atoms. The Morgan fingerprint density at radius 2 is 2.10 bits per heavy atom. The molecule has 1 unspecified atom stereocenters. The van der Waals surface area contributed by atoms with Gasteiger partial charge in [-0.05, 0) is 18.6 Å². The molecule has 0 fully saturated rings. The zero-order valence-corrected chi connectivity index (χ0v) is 12.5. The maximum Gasteiger partial charge on any atom is 0.257 e. The van der Waals surface area contributed by atoms with Crippen LogP contribution in [0.25, 0.3) is 0 Å². The van der Waals surface area contributed by atoms with Crippen molar-refractivity contribution < 1.29 is 13.2 Å². The van der Waals surface area contributed by atoms with Crippen molar-refractivity contribution in [1.29, 1.82) is 0 Å². The lowest BCUT2D eigenvalue weighted by atomic mass is 10.1. The highest BCUT2D eigenvalue weighted by Crippen LogP contribution is 2.36. The second-order valence-corrected chi connectivity index (χ2v) is 7.16. The number of nitrogens with one attached hydrogen (secondary N) is 1. The highest BCUT2D eigenvalue weighted by molar-refractivity contribution is 7.91. The molecular formula is C14H15N3O3S. The van der Waals surface area contributed by atoms with Gasteiger partial charge in [0.15, 0.2) is 9.84 Å². The van der Waals surface area contributed by atoms with E-state index in [9.17, 15) is 13.2 Å². The van der Waals surface area contributed by atoms with Crippen LogP contribution in [0, 0.1) is 6.92 Å². The zero-order chi connectivity index (χ0) is 15.2. The van der Waals surface area contributed by atoms with E-state index in [-0.39, 0.29) is 11.7 Å². The number of nitrogens with zero attached hydrogens (tertiary/aromatic N) is 2. The Hall–Kier alpha value is -2.15. The number of aryl methyl sites for hydroxylation is 1. The van der Waals surface area contributed by atoms with Crippen molar-refractivity contribution in [1.82, 2.24) is 15.1 Å². The molecule has 0 saturated heterocycles. The minimum Gasteiger partial charge on any atom is -0.333 e. The first-order chi connectivity index (χ1) is 9.92. The summed E-state index contributed by atoms with van der Waals surface area (Å²) in [5, 5.41) is 6.55. The number of rotatable bonds is 2. The van der Waals surface area contributed by atoms with E-state index in [1.807, 2.05) is 0 Å². The molecule has 1 aliphatic rings. The molecule has 0 spiro atoms. The van der Waals surface area contributed by atoms with Crippen molar-refractivity contribution in [3.63, 3.8) is 0 Å². The summed E-state index contributed by atoms with van der Waals surface area (Å²) in [5.74, 6) is -0.316. The first-order valence-electron chi connectivity index (χ1n) is 6.50. The Morgan fingerprint density at radius 3 is 2.76 bits per heavy atom. The fourth-order valence-electron chi connectivity index (χ4n) is 2.64. The predicted molar refractivity (Wildman–Crippen MR) is 76.7 cm³/mol. The predicted octanol–water partition coefficient (Wildman–Crippen LogP) is 1.32. The van der Waals surface area contributed by atoms with Crippen LogP contribution in [-0.2, 0) is 9.84 Å². The van der Waals surface area contributed by atoms with E-state index in [2.05, 4.69) is 10.2 Å². The SMILES string of the molecule is Cc1[nH]ncc1C(=O)N(C)C1CS(=O)(=O)c2ccccc21. The number of amides is 1. The van der Waals surface area contributed by atoms with Gasteiger partial charge in [0, 0.05) is 12.7 Å². The fraction of sp³-hybridized carbons (Fsp3) is 0.286. The second-order valence-electron chi connectivity index (χ2n) is 5.16. The van der Waals surface area contributed by atoms with Gasteiger partial charge in [0.2, 0.25) is 0 Å². The molecular weight excluding hydrogens is 290 g/mol. The first kappa shape index (κ1) is 13.8. The molecule has 110 valence electrons. The van der Waals surface area contributed by atoms with Crippen molar-refractivity contribution in [2.24, 2.45) is 0 Å². The summed E-state index contributed by atoms with van der Waals surface area (Å²) in [6.07, 6.45) is 1.46. The number of sulfone groups is 1. The van der Waals surface area contributed by atoms with Crippen molar-refractivity contribution in [2.75, 3.05) is 12.8 Å². The molecule has 1 amide bonds. The Bertz CT molecular complexity index is 810. The maximum absolute atomic E-state index is 12.5. The van der Waals surface area contributed by atoms with Gasteiger partial charge < -0.3 is 4.90 Å². The summed E-state index contributed by atoms with van der Waals surface area (Å²) in [6.45, 7) is 1.76. The van der Waals surface area contributed by atoms with Gasteiger partial charge in [-0.3, -0.25) is 9.89 Å². The molecule has 3 rings (SSSR count). The third kappa shape index (κ3) is 2.13. The highest BCUT2D eigenvalue weighted by atomic mass is 32.2. The highest BCUT2D eigenvalue weighted by Gasteiger charge is 2.38. The number of aromatic amines is 1. The largest absolute Gasteiger partial charge is 0.333 e. The van der Waals surface area contributed by atoms with Crippen molar-refractivity contribution in [2.45, 2.75) is 17.9 Å². The van der Waals surface area contributed by atoms with Gasteiger partial charge in [-0.1, -0.05) is 18.2 Å². The Labute approximate surface area is 122 Å². The molecule has 1 aromatic carbocycles. The summed E-state index contributed by atoms with van der Waals surface area (Å²) >= 11 is 0. The van der Waals surface area contributed by atoms with Gasteiger partial charge in [-0.25, -0.2) is 8.42 Å². The van der Waals surface area contributed by atoms with Crippen LogP contribution in [0.3, 0.4) is 0 Å². The van der Waals surface area contributed by atoms with Gasteiger partial charge in [0.1, 0.15) is 0 Å². The van der Waals surface area contributed by atoms with Crippen LogP contribution in [0.1, 0.15) is 27.7 Å². The number of hydrogen-bond acceptors (Lipinski definition) is 4. The van der Waals surface area contributed by atoms with Gasteiger partial charge >= 0.3 is 0 Å². The van der Waals surface area contributed by atoms with Crippen LogP contribution in [0.5, 0.6) is 0 Å². The average molecular weight is 305 g/mol. The zero-order valence-electron chi connectivity index (χ0n) is 11.7. The van der Waals surface area contributed by atoms with E-state index >= 15 is 0 Å². The third-order valence-corrected chi connectivity index (χ3v) is 5.64. The molecule has 1 N–H and O–H groups in total. The summed E-state index contributed by atoms with van der Waals surface area (Å²) in [4.78, 5) is 14.3. The Balaban J connectivity index is 1.99. The van der Waals surface area contributed by atoms with Crippen LogP contribution in [0.15, 0.2) is 35.4 Å². The van der Waals surface area contributed by atoms with Crippen LogP contribution >= 0.6 is 0 Å². The van der Waals surface area contributed by atoms with Gasteiger partial charge in [0.05, 0.1) is 28.5 Å². The molecule has 0 bridgehead atoms. The fourth-order valence-corrected chi connectivity index (χ4v) is 4.49. The van der Waals surface area contributed by atoms with Gasteiger partial charge in [-0.2, -0.15) is 5.10 Å². The maximum atomic E-state index is 12.5. The van der Waals surface area contributed by atoms with E-state index in [1.165, 1.54) is 11.1 Å². The number of carbonyl (C=O) groups excluding carboxylic acids is 1. The lowest BCUT2D eigenvalue weighted by Gasteiger charge is -2.24. The van der Waals surface area contributed by atoms with Gasteiger partial charge in [0.25, 0.3) is 5.91 Å². The third-order valence-electron chi connectivity index (χ3n) is 3.84. The number of carbonyl (C=O) groups is 1. The molecule has 0 radical (unpaired) electrons. The average Bonchev–Trinajstić information content (AvgIpc) is 3.00.